The first-order chi connectivity index (χ1) is 5.47. The van der Waals surface area contributed by atoms with Gasteiger partial charge in [-0.05, 0) is 6.92 Å². The largest absolute Gasteiger partial charge is 0.376 e. The lowest BCUT2D eigenvalue weighted by atomic mass is 10.3. The quantitative estimate of drug-likeness (QED) is 0.623. The molecular formula is C6H11ClO4S. The minimum absolute atomic E-state index is 0.0535. The highest BCUT2D eigenvalue weighted by Gasteiger charge is 2.24. The first kappa shape index (κ1) is 10.2. The van der Waals surface area contributed by atoms with Crippen LogP contribution >= 0.6 is 10.7 Å². The van der Waals surface area contributed by atoms with E-state index in [2.05, 4.69) is 0 Å². The lowest BCUT2D eigenvalue weighted by Gasteiger charge is -2.26. The van der Waals surface area contributed by atoms with Crippen molar-refractivity contribution in [1.82, 2.24) is 0 Å². The van der Waals surface area contributed by atoms with Crippen LogP contribution in [0.1, 0.15) is 6.92 Å². The van der Waals surface area contributed by atoms with Crippen LogP contribution < -0.4 is 0 Å². The molecule has 0 saturated carbocycles. The standard InChI is InChI=1S/C6H11ClO4S/c1-5-2-10-3-6(11-5)4-12(7,8)9/h5-6H,2-4H2,1H3. The summed E-state index contributed by atoms with van der Waals surface area (Å²) < 4.78 is 31.6. The predicted molar refractivity (Wildman–Crippen MR) is 44.8 cm³/mol. The van der Waals surface area contributed by atoms with E-state index in [1.165, 1.54) is 0 Å². The Morgan fingerprint density at radius 3 is 2.67 bits per heavy atom. The maximum Gasteiger partial charge on any atom is 0.235 e. The van der Waals surface area contributed by atoms with Crippen LogP contribution in [0.4, 0.5) is 0 Å². The molecule has 6 heteroatoms. The van der Waals surface area contributed by atoms with Gasteiger partial charge < -0.3 is 9.47 Å². The number of ether oxygens (including phenoxy) is 2. The molecule has 1 aliphatic rings. The van der Waals surface area contributed by atoms with E-state index in [9.17, 15) is 8.42 Å². The monoisotopic (exact) mass is 214 g/mol. The van der Waals surface area contributed by atoms with Crippen molar-refractivity contribution in [2.45, 2.75) is 19.1 Å². The number of hydrogen-bond donors (Lipinski definition) is 0. The average molecular weight is 215 g/mol. The van der Waals surface area contributed by atoms with Gasteiger partial charge in [0.15, 0.2) is 0 Å². The Labute approximate surface area is 76.2 Å². The van der Waals surface area contributed by atoms with Gasteiger partial charge in [-0.15, -0.1) is 0 Å². The van der Waals surface area contributed by atoms with E-state index in [1.54, 1.807) is 0 Å². The molecule has 1 rings (SSSR count). The summed E-state index contributed by atoms with van der Waals surface area (Å²) in [6, 6.07) is 0. The maximum absolute atomic E-state index is 10.6. The second kappa shape index (κ2) is 3.91. The molecule has 0 spiro atoms. The van der Waals surface area contributed by atoms with Crippen LogP contribution in [0, 0.1) is 0 Å². The molecule has 0 aromatic heterocycles. The summed E-state index contributed by atoms with van der Waals surface area (Å²) in [5.74, 6) is -0.182. The Kier molecular flexibility index (Phi) is 3.34. The molecule has 1 fully saturated rings. The molecular weight excluding hydrogens is 204 g/mol. The summed E-state index contributed by atoms with van der Waals surface area (Å²) >= 11 is 0. The zero-order chi connectivity index (χ0) is 9.19. The number of hydrogen-bond acceptors (Lipinski definition) is 4. The van der Waals surface area contributed by atoms with Gasteiger partial charge in [0.2, 0.25) is 9.05 Å². The molecule has 1 aliphatic heterocycles. The highest BCUT2D eigenvalue weighted by atomic mass is 35.7. The second-order valence-electron chi connectivity index (χ2n) is 2.81. The van der Waals surface area contributed by atoms with Crippen molar-refractivity contribution in [2.24, 2.45) is 0 Å². The third-order valence-electron chi connectivity index (χ3n) is 1.47. The molecule has 0 aromatic carbocycles. The minimum Gasteiger partial charge on any atom is -0.376 e. The van der Waals surface area contributed by atoms with Gasteiger partial charge in [-0.2, -0.15) is 0 Å². The Morgan fingerprint density at radius 1 is 1.50 bits per heavy atom. The van der Waals surface area contributed by atoms with E-state index in [-0.39, 0.29) is 11.9 Å². The Bertz CT molecular complexity index is 238. The summed E-state index contributed by atoms with van der Waals surface area (Å²) in [6.45, 7) is 2.64. The fourth-order valence-corrected chi connectivity index (χ4v) is 2.12. The lowest BCUT2D eigenvalue weighted by Crippen LogP contribution is -2.37. The van der Waals surface area contributed by atoms with Gasteiger partial charge >= 0.3 is 0 Å². The van der Waals surface area contributed by atoms with Crippen LogP contribution in [0.25, 0.3) is 0 Å². The van der Waals surface area contributed by atoms with Crippen molar-refractivity contribution < 1.29 is 17.9 Å². The molecule has 4 nitrogen and oxygen atoms in total. The summed E-state index contributed by atoms with van der Waals surface area (Å²) in [7, 11) is 1.57. The van der Waals surface area contributed by atoms with Crippen molar-refractivity contribution in [3.05, 3.63) is 0 Å². The van der Waals surface area contributed by atoms with Gasteiger partial charge in [-0.25, -0.2) is 8.42 Å². The third kappa shape index (κ3) is 3.71. The molecule has 0 aliphatic carbocycles. The summed E-state index contributed by atoms with van der Waals surface area (Å²) in [6.07, 6.45) is -0.474. The summed E-state index contributed by atoms with van der Waals surface area (Å²) in [4.78, 5) is 0. The minimum atomic E-state index is -3.48. The van der Waals surface area contributed by atoms with Gasteiger partial charge in [-0.3, -0.25) is 0 Å². The van der Waals surface area contributed by atoms with Crippen LogP contribution in [0.2, 0.25) is 0 Å². The van der Waals surface area contributed by atoms with Crippen LogP contribution in [0.3, 0.4) is 0 Å². The highest BCUT2D eigenvalue weighted by molar-refractivity contribution is 8.13. The van der Waals surface area contributed by atoms with E-state index < -0.39 is 15.2 Å². The van der Waals surface area contributed by atoms with Gasteiger partial charge in [-0.1, -0.05) is 0 Å². The Balaban J connectivity index is 2.43. The summed E-state index contributed by atoms with van der Waals surface area (Å²) in [5, 5.41) is 0. The maximum atomic E-state index is 10.6. The molecule has 0 bridgehead atoms. The van der Waals surface area contributed by atoms with Crippen molar-refractivity contribution in [2.75, 3.05) is 19.0 Å². The van der Waals surface area contributed by atoms with Crippen LogP contribution in [-0.2, 0) is 18.5 Å². The number of rotatable bonds is 2. The molecule has 1 heterocycles. The van der Waals surface area contributed by atoms with Crippen molar-refractivity contribution in [3.8, 4) is 0 Å². The second-order valence-corrected chi connectivity index (χ2v) is 5.63. The van der Waals surface area contributed by atoms with E-state index in [0.717, 1.165) is 0 Å². The first-order valence-corrected chi connectivity index (χ1v) is 6.11. The van der Waals surface area contributed by atoms with Crippen LogP contribution in [0.5, 0.6) is 0 Å². The molecule has 12 heavy (non-hydrogen) atoms. The molecule has 1 saturated heterocycles. The molecule has 0 N–H and O–H groups in total. The molecule has 0 aromatic rings. The van der Waals surface area contributed by atoms with Crippen LogP contribution in [0.15, 0.2) is 0 Å². The van der Waals surface area contributed by atoms with Crippen molar-refractivity contribution in [1.29, 1.82) is 0 Å². The van der Waals surface area contributed by atoms with Crippen molar-refractivity contribution >= 4 is 19.7 Å². The third-order valence-corrected chi connectivity index (χ3v) is 2.61. The Morgan fingerprint density at radius 2 is 2.17 bits per heavy atom. The molecule has 2 atom stereocenters. The SMILES string of the molecule is CC1COCC(CS(=O)(=O)Cl)O1. The Hall–Kier alpha value is 0.160. The average Bonchev–Trinajstić information content (AvgIpc) is 1.82. The number of halogens is 1. The summed E-state index contributed by atoms with van der Waals surface area (Å²) in [5.41, 5.74) is 0. The topological polar surface area (TPSA) is 52.6 Å². The van der Waals surface area contributed by atoms with E-state index in [0.29, 0.717) is 13.2 Å². The normalized spacial score (nSPS) is 31.8. The molecule has 2 unspecified atom stereocenters. The molecule has 0 amide bonds. The molecule has 0 radical (unpaired) electrons. The highest BCUT2D eigenvalue weighted by Crippen LogP contribution is 2.11. The zero-order valence-electron chi connectivity index (χ0n) is 6.70. The zero-order valence-corrected chi connectivity index (χ0v) is 8.27. The fourth-order valence-electron chi connectivity index (χ4n) is 1.08. The van der Waals surface area contributed by atoms with Gasteiger partial charge in [0.1, 0.15) is 0 Å². The first-order valence-electron chi connectivity index (χ1n) is 3.63. The lowest BCUT2D eigenvalue weighted by molar-refractivity contribution is -0.121. The van der Waals surface area contributed by atoms with E-state index in [1.807, 2.05) is 6.92 Å². The van der Waals surface area contributed by atoms with E-state index in [4.69, 9.17) is 20.2 Å². The van der Waals surface area contributed by atoms with Gasteiger partial charge in [0, 0.05) is 10.7 Å². The van der Waals surface area contributed by atoms with E-state index >= 15 is 0 Å². The smallest absolute Gasteiger partial charge is 0.235 e. The fraction of sp³-hybridized carbons (Fsp3) is 1.00. The van der Waals surface area contributed by atoms with Crippen molar-refractivity contribution in [3.63, 3.8) is 0 Å². The van der Waals surface area contributed by atoms with Gasteiger partial charge in [0.05, 0.1) is 31.2 Å². The molecule has 72 valence electrons. The van der Waals surface area contributed by atoms with Gasteiger partial charge in [0.25, 0.3) is 0 Å². The predicted octanol–water partition coefficient (Wildman–Crippen LogP) is 0.359. The van der Waals surface area contributed by atoms with Crippen LogP contribution in [-0.4, -0.2) is 39.6 Å².